The maximum Gasteiger partial charge on any atom is 0.259 e. The lowest BCUT2D eigenvalue weighted by molar-refractivity contribution is 0.0711. The summed E-state index contributed by atoms with van der Waals surface area (Å²) in [4.78, 5) is 28.3. The molecule has 104 valence electrons. The van der Waals surface area contributed by atoms with Gasteiger partial charge in [-0.05, 0) is 13.8 Å². The van der Waals surface area contributed by atoms with Crippen molar-refractivity contribution in [1.29, 1.82) is 0 Å². The molecule has 1 aliphatic rings. The molecule has 1 amide bonds. The zero-order valence-corrected chi connectivity index (χ0v) is 11.7. The summed E-state index contributed by atoms with van der Waals surface area (Å²) in [5.74, 6) is -0.515. The average molecular weight is 284 g/mol. The van der Waals surface area contributed by atoms with Crippen LogP contribution in [0.1, 0.15) is 23.0 Å². The minimum Gasteiger partial charge on any atom is -0.364 e. The highest BCUT2D eigenvalue weighted by atomic mass is 32.2. The maximum atomic E-state index is 12.3. The van der Waals surface area contributed by atoms with Crippen LogP contribution >= 0.6 is 0 Å². The van der Waals surface area contributed by atoms with Gasteiger partial charge in [-0.15, -0.1) is 0 Å². The molecule has 1 N–H and O–H groups in total. The van der Waals surface area contributed by atoms with Crippen LogP contribution in [0, 0.1) is 6.92 Å². The molecule has 1 aromatic heterocycles. The molecule has 1 saturated heterocycles. The Morgan fingerprint density at radius 3 is 2.74 bits per heavy atom. The van der Waals surface area contributed by atoms with Gasteiger partial charge in [-0.3, -0.25) is 9.59 Å². The summed E-state index contributed by atoms with van der Waals surface area (Å²) < 4.78 is 22.9. The Kier molecular flexibility index (Phi) is 3.49. The number of hydrogen-bond donors (Lipinski definition) is 1. The van der Waals surface area contributed by atoms with Crippen molar-refractivity contribution in [3.8, 4) is 0 Å². The molecular weight excluding hydrogens is 268 g/mol. The van der Waals surface area contributed by atoms with E-state index < -0.39 is 21.8 Å². The number of aromatic nitrogens is 1. The number of aryl methyl sites for hydroxylation is 1. The molecule has 19 heavy (non-hydrogen) atoms. The Labute approximate surface area is 111 Å². The molecule has 6 nitrogen and oxygen atoms in total. The zero-order valence-electron chi connectivity index (χ0n) is 10.8. The lowest BCUT2D eigenvalue weighted by Crippen LogP contribution is -2.50. The second kappa shape index (κ2) is 4.80. The third-order valence-corrected chi connectivity index (χ3v) is 5.01. The smallest absolute Gasteiger partial charge is 0.259 e. The molecule has 0 aliphatic carbocycles. The number of amides is 1. The molecule has 1 aromatic rings. The van der Waals surface area contributed by atoms with Crippen LogP contribution in [0.4, 0.5) is 0 Å². The molecule has 2 rings (SSSR count). The van der Waals surface area contributed by atoms with E-state index >= 15 is 0 Å². The van der Waals surface area contributed by atoms with Crippen molar-refractivity contribution >= 4 is 15.7 Å². The van der Waals surface area contributed by atoms with Gasteiger partial charge in [0.25, 0.3) is 5.91 Å². The number of aromatic amines is 1. The van der Waals surface area contributed by atoms with Gasteiger partial charge in [-0.1, -0.05) is 0 Å². The normalized spacial score (nSPS) is 22.2. The fourth-order valence-corrected chi connectivity index (χ4v) is 3.75. The minimum atomic E-state index is -3.08. The van der Waals surface area contributed by atoms with Crippen LogP contribution < -0.4 is 5.43 Å². The van der Waals surface area contributed by atoms with Crippen LogP contribution in [0.25, 0.3) is 0 Å². The van der Waals surface area contributed by atoms with Gasteiger partial charge in [0.05, 0.1) is 11.5 Å². The van der Waals surface area contributed by atoms with Gasteiger partial charge in [-0.2, -0.15) is 0 Å². The first-order valence-corrected chi connectivity index (χ1v) is 7.83. The highest BCUT2D eigenvalue weighted by molar-refractivity contribution is 7.91. The topological polar surface area (TPSA) is 87.3 Å². The summed E-state index contributed by atoms with van der Waals surface area (Å²) in [5.41, 5.74) is 0.384. The van der Waals surface area contributed by atoms with Gasteiger partial charge < -0.3 is 9.88 Å². The van der Waals surface area contributed by atoms with Gasteiger partial charge in [0.2, 0.25) is 0 Å². The van der Waals surface area contributed by atoms with E-state index in [1.807, 2.05) is 0 Å². The molecule has 2 heterocycles. The maximum absolute atomic E-state index is 12.3. The Bertz CT molecular complexity index is 663. The van der Waals surface area contributed by atoms with Crippen molar-refractivity contribution in [2.45, 2.75) is 19.9 Å². The summed E-state index contributed by atoms with van der Waals surface area (Å²) in [5, 5.41) is 0. The van der Waals surface area contributed by atoms with Crippen LogP contribution in [-0.2, 0) is 9.84 Å². The van der Waals surface area contributed by atoms with Crippen LogP contribution in [0.15, 0.2) is 17.1 Å². The van der Waals surface area contributed by atoms with E-state index in [1.54, 1.807) is 13.8 Å². The molecule has 1 aliphatic heterocycles. The van der Waals surface area contributed by atoms with E-state index in [2.05, 4.69) is 4.98 Å². The first-order chi connectivity index (χ1) is 8.80. The van der Waals surface area contributed by atoms with Crippen molar-refractivity contribution in [2.24, 2.45) is 0 Å². The molecule has 0 bridgehead atoms. The molecule has 0 saturated carbocycles. The van der Waals surface area contributed by atoms with Gasteiger partial charge in [-0.25, -0.2) is 8.42 Å². The lowest BCUT2D eigenvalue weighted by atomic mass is 10.2. The van der Waals surface area contributed by atoms with Gasteiger partial charge in [0.15, 0.2) is 15.3 Å². The van der Waals surface area contributed by atoms with Gasteiger partial charge in [0, 0.05) is 30.5 Å². The van der Waals surface area contributed by atoms with Crippen molar-refractivity contribution in [3.05, 3.63) is 33.7 Å². The van der Waals surface area contributed by atoms with Crippen molar-refractivity contribution in [2.75, 3.05) is 18.1 Å². The van der Waals surface area contributed by atoms with E-state index in [4.69, 9.17) is 0 Å². The van der Waals surface area contributed by atoms with Crippen molar-refractivity contribution in [1.82, 2.24) is 9.88 Å². The summed E-state index contributed by atoms with van der Waals surface area (Å²) in [7, 11) is -3.08. The van der Waals surface area contributed by atoms with Gasteiger partial charge >= 0.3 is 0 Å². The Balaban J connectivity index is 2.28. The van der Waals surface area contributed by atoms with Crippen LogP contribution in [0.5, 0.6) is 0 Å². The predicted octanol–water partition coefficient (Wildman–Crippen LogP) is -0.0576. The number of nitrogens with one attached hydrogen (secondary N) is 1. The minimum absolute atomic E-state index is 0.0488. The number of carbonyl (C=O) groups is 1. The number of nitrogens with zero attached hydrogens (tertiary/aromatic N) is 1. The molecule has 1 fully saturated rings. The molecule has 0 spiro atoms. The standard InChI is InChI=1S/C12H16N2O4S/c1-8-5-11(15)10(6-13-8)12(16)14-3-4-19(17,18)7-9(14)2/h5-6,9H,3-4,7H2,1-2H3,(H,13,15). The summed E-state index contributed by atoms with van der Waals surface area (Å²) in [6.07, 6.45) is 1.38. The van der Waals surface area contributed by atoms with Crippen LogP contribution in [-0.4, -0.2) is 48.3 Å². The van der Waals surface area contributed by atoms with E-state index in [1.165, 1.54) is 17.2 Å². The first kappa shape index (κ1) is 13.8. The molecule has 0 radical (unpaired) electrons. The second-order valence-corrected chi connectivity index (χ2v) is 7.08. The SMILES string of the molecule is Cc1cc(=O)c(C(=O)N2CCS(=O)(=O)CC2C)c[nH]1. The number of rotatable bonds is 1. The Morgan fingerprint density at radius 1 is 1.47 bits per heavy atom. The fourth-order valence-electron chi connectivity index (χ4n) is 2.20. The first-order valence-electron chi connectivity index (χ1n) is 6.01. The third-order valence-electron chi connectivity index (χ3n) is 3.22. The van der Waals surface area contributed by atoms with Crippen molar-refractivity contribution in [3.63, 3.8) is 0 Å². The molecule has 1 atom stereocenters. The quantitative estimate of drug-likeness (QED) is 0.783. The average Bonchev–Trinajstić information content (AvgIpc) is 2.26. The van der Waals surface area contributed by atoms with Gasteiger partial charge in [0.1, 0.15) is 5.56 Å². The van der Waals surface area contributed by atoms with E-state index in [0.29, 0.717) is 5.69 Å². The summed E-state index contributed by atoms with van der Waals surface area (Å²) >= 11 is 0. The highest BCUT2D eigenvalue weighted by Crippen LogP contribution is 2.13. The fraction of sp³-hybridized carbons (Fsp3) is 0.500. The van der Waals surface area contributed by atoms with E-state index in [9.17, 15) is 18.0 Å². The lowest BCUT2D eigenvalue weighted by Gasteiger charge is -2.33. The molecule has 0 aromatic carbocycles. The predicted molar refractivity (Wildman–Crippen MR) is 71.0 cm³/mol. The number of hydrogen-bond acceptors (Lipinski definition) is 4. The Hall–Kier alpha value is -1.63. The second-order valence-electron chi connectivity index (χ2n) is 4.86. The number of sulfone groups is 1. The Morgan fingerprint density at radius 2 is 2.16 bits per heavy atom. The number of carbonyl (C=O) groups excluding carboxylic acids is 1. The number of H-pyrrole nitrogens is 1. The monoisotopic (exact) mass is 284 g/mol. The van der Waals surface area contributed by atoms with E-state index in [-0.39, 0.29) is 29.0 Å². The van der Waals surface area contributed by atoms with Crippen molar-refractivity contribution < 1.29 is 13.2 Å². The zero-order chi connectivity index (χ0) is 14.2. The highest BCUT2D eigenvalue weighted by Gasteiger charge is 2.32. The molecule has 7 heteroatoms. The summed E-state index contributed by atoms with van der Waals surface area (Å²) in [6.45, 7) is 3.54. The number of pyridine rings is 1. The largest absolute Gasteiger partial charge is 0.364 e. The molecule has 1 unspecified atom stereocenters. The van der Waals surface area contributed by atoms with Crippen LogP contribution in [0.3, 0.4) is 0 Å². The third kappa shape index (κ3) is 2.86. The summed E-state index contributed by atoms with van der Waals surface area (Å²) in [6, 6.07) is 0.949. The molecular formula is C12H16N2O4S. The van der Waals surface area contributed by atoms with Crippen LogP contribution in [0.2, 0.25) is 0 Å². The van der Waals surface area contributed by atoms with E-state index in [0.717, 1.165) is 0 Å².